The Morgan fingerprint density at radius 3 is 2.59 bits per heavy atom. The number of hydrogen-bond acceptors (Lipinski definition) is 4. The number of para-hydroxylation sites is 1. The third kappa shape index (κ3) is 3.71. The van der Waals surface area contributed by atoms with Gasteiger partial charge in [-0.15, -0.1) is 0 Å². The molecule has 1 aromatic heterocycles. The van der Waals surface area contributed by atoms with Crippen molar-refractivity contribution < 1.29 is 9.47 Å². The molecule has 0 fully saturated rings. The molecule has 17 heavy (non-hydrogen) atoms. The second-order valence-electron chi connectivity index (χ2n) is 3.19. The monoisotopic (exact) mass is 294 g/mol. The first-order valence-electron chi connectivity index (χ1n) is 5.12. The number of rotatable bonds is 5. The van der Waals surface area contributed by atoms with E-state index in [1.807, 2.05) is 30.3 Å². The lowest BCUT2D eigenvalue weighted by Crippen LogP contribution is -2.10. The van der Waals surface area contributed by atoms with E-state index in [2.05, 4.69) is 25.9 Å². The third-order valence-electron chi connectivity index (χ3n) is 1.97. The van der Waals surface area contributed by atoms with Gasteiger partial charge >= 0.3 is 0 Å². The van der Waals surface area contributed by atoms with Crippen molar-refractivity contribution >= 4 is 15.9 Å². The van der Waals surface area contributed by atoms with Crippen LogP contribution in [-0.2, 0) is 0 Å². The number of hydrogen-bond donors (Lipinski definition) is 0. The van der Waals surface area contributed by atoms with Gasteiger partial charge in [-0.3, -0.25) is 0 Å². The van der Waals surface area contributed by atoms with Crippen LogP contribution in [0.1, 0.15) is 0 Å². The highest BCUT2D eigenvalue weighted by molar-refractivity contribution is 9.10. The van der Waals surface area contributed by atoms with Crippen molar-refractivity contribution in [3.8, 4) is 11.6 Å². The van der Waals surface area contributed by atoms with Gasteiger partial charge in [0, 0.05) is 6.20 Å². The Kier molecular flexibility index (Phi) is 4.32. The second kappa shape index (κ2) is 6.20. The maximum atomic E-state index is 5.48. The zero-order chi connectivity index (χ0) is 11.9. The van der Waals surface area contributed by atoms with Crippen LogP contribution in [0.4, 0.5) is 0 Å². The van der Waals surface area contributed by atoms with E-state index in [0.717, 1.165) is 10.2 Å². The molecule has 0 atom stereocenters. The van der Waals surface area contributed by atoms with Gasteiger partial charge in [0.2, 0.25) is 5.88 Å². The molecule has 2 rings (SSSR count). The molecule has 0 aliphatic heterocycles. The number of benzene rings is 1. The molecule has 0 saturated heterocycles. The third-order valence-corrected chi connectivity index (χ3v) is 2.51. The van der Waals surface area contributed by atoms with Gasteiger partial charge in [0.25, 0.3) is 0 Å². The van der Waals surface area contributed by atoms with E-state index in [9.17, 15) is 0 Å². The molecule has 0 saturated carbocycles. The van der Waals surface area contributed by atoms with Crippen LogP contribution >= 0.6 is 15.9 Å². The van der Waals surface area contributed by atoms with E-state index in [1.54, 1.807) is 6.20 Å². The molecule has 0 bridgehead atoms. The molecule has 0 spiro atoms. The molecule has 2 aromatic rings. The summed E-state index contributed by atoms with van der Waals surface area (Å²) in [6, 6.07) is 9.61. The van der Waals surface area contributed by atoms with Crippen LogP contribution < -0.4 is 9.47 Å². The summed E-state index contributed by atoms with van der Waals surface area (Å²) >= 11 is 3.30. The van der Waals surface area contributed by atoms with Crippen molar-refractivity contribution in [3.63, 3.8) is 0 Å². The standard InChI is InChI=1S/C12H11BrN2O2/c13-11-8-14-9-15-12(11)17-7-6-16-10-4-2-1-3-5-10/h1-5,8-9H,6-7H2. The number of nitrogens with zero attached hydrogens (tertiary/aromatic N) is 2. The summed E-state index contributed by atoms with van der Waals surface area (Å²) in [5.74, 6) is 1.36. The largest absolute Gasteiger partial charge is 0.490 e. The Morgan fingerprint density at radius 1 is 1.06 bits per heavy atom. The summed E-state index contributed by atoms with van der Waals surface area (Å²) in [4.78, 5) is 7.84. The van der Waals surface area contributed by atoms with Crippen LogP contribution in [-0.4, -0.2) is 23.2 Å². The SMILES string of the molecule is Brc1cncnc1OCCOc1ccccc1. The number of aromatic nitrogens is 2. The fourth-order valence-electron chi connectivity index (χ4n) is 1.22. The smallest absolute Gasteiger partial charge is 0.231 e. The Labute approximate surface area is 108 Å². The van der Waals surface area contributed by atoms with Crippen molar-refractivity contribution in [3.05, 3.63) is 47.3 Å². The summed E-state index contributed by atoms with van der Waals surface area (Å²) in [5, 5.41) is 0. The highest BCUT2D eigenvalue weighted by Gasteiger charge is 2.01. The van der Waals surface area contributed by atoms with Crippen molar-refractivity contribution in [1.29, 1.82) is 0 Å². The lowest BCUT2D eigenvalue weighted by atomic mass is 10.3. The van der Waals surface area contributed by atoms with Crippen molar-refractivity contribution in [2.45, 2.75) is 0 Å². The van der Waals surface area contributed by atoms with Crippen molar-refractivity contribution in [1.82, 2.24) is 9.97 Å². The minimum Gasteiger partial charge on any atom is -0.490 e. The minimum absolute atomic E-state index is 0.435. The summed E-state index contributed by atoms with van der Waals surface area (Å²) in [5.41, 5.74) is 0. The maximum Gasteiger partial charge on any atom is 0.231 e. The second-order valence-corrected chi connectivity index (χ2v) is 4.04. The van der Waals surface area contributed by atoms with E-state index >= 15 is 0 Å². The van der Waals surface area contributed by atoms with Crippen LogP contribution in [0.15, 0.2) is 47.3 Å². The quantitative estimate of drug-likeness (QED) is 0.796. The predicted molar refractivity (Wildman–Crippen MR) is 67.2 cm³/mol. The van der Waals surface area contributed by atoms with E-state index in [-0.39, 0.29) is 0 Å². The molecule has 0 N–H and O–H groups in total. The molecule has 4 nitrogen and oxygen atoms in total. The zero-order valence-corrected chi connectivity index (χ0v) is 10.6. The lowest BCUT2D eigenvalue weighted by molar-refractivity contribution is 0.211. The van der Waals surface area contributed by atoms with Crippen molar-refractivity contribution in [2.24, 2.45) is 0 Å². The Bertz CT molecular complexity index is 465. The molecule has 0 aliphatic carbocycles. The van der Waals surface area contributed by atoms with E-state index in [0.29, 0.717) is 19.1 Å². The highest BCUT2D eigenvalue weighted by Crippen LogP contribution is 2.19. The molecule has 1 heterocycles. The molecule has 1 aromatic carbocycles. The first kappa shape index (κ1) is 11.9. The average Bonchev–Trinajstić information content (AvgIpc) is 2.38. The van der Waals surface area contributed by atoms with E-state index < -0.39 is 0 Å². The fourth-order valence-corrected chi connectivity index (χ4v) is 1.56. The molecule has 0 amide bonds. The summed E-state index contributed by atoms with van der Waals surface area (Å²) in [6.45, 7) is 0.908. The van der Waals surface area contributed by atoms with Crippen LogP contribution in [0.5, 0.6) is 11.6 Å². The molecule has 0 aliphatic rings. The van der Waals surface area contributed by atoms with E-state index in [4.69, 9.17) is 9.47 Å². The van der Waals surface area contributed by atoms with Gasteiger partial charge in [0.05, 0.1) is 4.47 Å². The number of ether oxygens (including phenoxy) is 2. The summed E-state index contributed by atoms with van der Waals surface area (Å²) < 4.78 is 11.7. The van der Waals surface area contributed by atoms with Gasteiger partial charge in [-0.2, -0.15) is 0 Å². The van der Waals surface area contributed by atoms with Gasteiger partial charge in [0.15, 0.2) is 0 Å². The van der Waals surface area contributed by atoms with Gasteiger partial charge in [-0.25, -0.2) is 9.97 Å². The van der Waals surface area contributed by atoms with Crippen LogP contribution in [0, 0.1) is 0 Å². The maximum absolute atomic E-state index is 5.48. The highest BCUT2D eigenvalue weighted by atomic mass is 79.9. The Hall–Kier alpha value is -1.62. The van der Waals surface area contributed by atoms with Crippen LogP contribution in [0.3, 0.4) is 0 Å². The van der Waals surface area contributed by atoms with Crippen LogP contribution in [0.2, 0.25) is 0 Å². The molecule has 5 heteroatoms. The fraction of sp³-hybridized carbons (Fsp3) is 0.167. The Balaban J connectivity index is 1.76. The molecular weight excluding hydrogens is 284 g/mol. The molecule has 0 radical (unpaired) electrons. The summed E-state index contributed by atoms with van der Waals surface area (Å²) in [6.07, 6.45) is 3.08. The molecular formula is C12H11BrN2O2. The first-order chi connectivity index (χ1) is 8.36. The molecule has 88 valence electrons. The minimum atomic E-state index is 0.435. The normalized spacial score (nSPS) is 9.94. The van der Waals surface area contributed by atoms with Gasteiger partial charge in [-0.1, -0.05) is 18.2 Å². The topological polar surface area (TPSA) is 44.2 Å². The van der Waals surface area contributed by atoms with Crippen molar-refractivity contribution in [2.75, 3.05) is 13.2 Å². The first-order valence-corrected chi connectivity index (χ1v) is 5.92. The van der Waals surface area contributed by atoms with Gasteiger partial charge in [-0.05, 0) is 28.1 Å². The van der Waals surface area contributed by atoms with Crippen LogP contribution in [0.25, 0.3) is 0 Å². The van der Waals surface area contributed by atoms with E-state index in [1.165, 1.54) is 6.33 Å². The summed E-state index contributed by atoms with van der Waals surface area (Å²) in [7, 11) is 0. The average molecular weight is 295 g/mol. The zero-order valence-electron chi connectivity index (χ0n) is 9.04. The predicted octanol–water partition coefficient (Wildman–Crippen LogP) is 2.70. The Morgan fingerprint density at radius 2 is 1.82 bits per heavy atom. The lowest BCUT2D eigenvalue weighted by Gasteiger charge is -2.08. The number of halogens is 1. The molecule has 0 unspecified atom stereocenters. The van der Waals surface area contributed by atoms with Gasteiger partial charge < -0.3 is 9.47 Å². The van der Waals surface area contributed by atoms with Gasteiger partial charge in [0.1, 0.15) is 25.3 Å².